The van der Waals surface area contributed by atoms with Gasteiger partial charge >= 0.3 is 0 Å². The Balaban J connectivity index is 1.83. The van der Waals surface area contributed by atoms with Crippen molar-refractivity contribution in [3.63, 3.8) is 0 Å². The third kappa shape index (κ3) is 3.87. The highest BCUT2D eigenvalue weighted by atomic mass is 16.3. The van der Waals surface area contributed by atoms with Crippen molar-refractivity contribution in [2.45, 2.75) is 57.9 Å². The minimum Gasteiger partial charge on any atom is -0.396 e. The molecule has 0 atom stereocenters. The molecule has 0 unspecified atom stereocenters. The van der Waals surface area contributed by atoms with Gasteiger partial charge in [-0.15, -0.1) is 0 Å². The summed E-state index contributed by atoms with van der Waals surface area (Å²) >= 11 is 0. The summed E-state index contributed by atoms with van der Waals surface area (Å²) in [6, 6.07) is 0.584. The average molecular weight is 253 g/mol. The standard InChI is InChI=1S/C14H27N3O/c1-2-15-13(16-10-14(11-18)8-9-14)17-12-6-4-3-5-7-12/h12,18H,2-11H2,1H3,(H2,15,16,17). The zero-order valence-corrected chi connectivity index (χ0v) is 11.5. The fourth-order valence-electron chi connectivity index (χ4n) is 2.55. The van der Waals surface area contributed by atoms with Crippen LogP contribution in [0.15, 0.2) is 4.99 Å². The van der Waals surface area contributed by atoms with Crippen LogP contribution in [0.2, 0.25) is 0 Å². The summed E-state index contributed by atoms with van der Waals surface area (Å²) in [5.74, 6) is 0.934. The quantitative estimate of drug-likeness (QED) is 0.516. The zero-order chi connectivity index (χ0) is 12.8. The van der Waals surface area contributed by atoms with Crippen LogP contribution in [-0.2, 0) is 0 Å². The van der Waals surface area contributed by atoms with Crippen molar-refractivity contribution in [1.82, 2.24) is 10.6 Å². The average Bonchev–Trinajstić information content (AvgIpc) is 3.18. The molecule has 0 aromatic carbocycles. The van der Waals surface area contributed by atoms with Gasteiger partial charge in [-0.25, -0.2) is 0 Å². The maximum Gasteiger partial charge on any atom is 0.191 e. The van der Waals surface area contributed by atoms with Crippen molar-refractivity contribution in [3.05, 3.63) is 0 Å². The lowest BCUT2D eigenvalue weighted by molar-refractivity contribution is 0.216. The summed E-state index contributed by atoms with van der Waals surface area (Å²) in [5.41, 5.74) is 0.106. The van der Waals surface area contributed by atoms with Crippen LogP contribution < -0.4 is 10.6 Å². The van der Waals surface area contributed by atoms with Gasteiger partial charge in [0.2, 0.25) is 0 Å². The Kier molecular flexibility index (Phi) is 4.87. The Morgan fingerprint density at radius 3 is 2.56 bits per heavy atom. The minimum absolute atomic E-state index is 0.106. The second-order valence-electron chi connectivity index (χ2n) is 5.83. The van der Waals surface area contributed by atoms with Crippen LogP contribution in [0.3, 0.4) is 0 Å². The summed E-state index contributed by atoms with van der Waals surface area (Å²) in [5, 5.41) is 16.2. The molecule has 2 fully saturated rings. The lowest BCUT2D eigenvalue weighted by atomic mass is 9.96. The van der Waals surface area contributed by atoms with Crippen LogP contribution in [0, 0.1) is 5.41 Å². The van der Waals surface area contributed by atoms with Gasteiger partial charge in [-0.2, -0.15) is 0 Å². The largest absolute Gasteiger partial charge is 0.396 e. The van der Waals surface area contributed by atoms with E-state index in [-0.39, 0.29) is 12.0 Å². The van der Waals surface area contributed by atoms with Gasteiger partial charge < -0.3 is 15.7 Å². The number of hydrogen-bond acceptors (Lipinski definition) is 2. The van der Waals surface area contributed by atoms with E-state index in [9.17, 15) is 5.11 Å². The van der Waals surface area contributed by atoms with E-state index in [1.165, 1.54) is 32.1 Å². The molecule has 0 saturated heterocycles. The second kappa shape index (κ2) is 6.41. The highest BCUT2D eigenvalue weighted by molar-refractivity contribution is 5.80. The van der Waals surface area contributed by atoms with E-state index in [1.54, 1.807) is 0 Å². The van der Waals surface area contributed by atoms with Crippen LogP contribution in [0.1, 0.15) is 51.9 Å². The minimum atomic E-state index is 0.106. The summed E-state index contributed by atoms with van der Waals surface area (Å²) < 4.78 is 0. The number of nitrogens with zero attached hydrogens (tertiary/aromatic N) is 1. The van der Waals surface area contributed by atoms with Gasteiger partial charge in [-0.1, -0.05) is 19.3 Å². The zero-order valence-electron chi connectivity index (χ0n) is 11.5. The van der Waals surface area contributed by atoms with Gasteiger partial charge in [-0.05, 0) is 32.6 Å². The van der Waals surface area contributed by atoms with Crippen molar-refractivity contribution >= 4 is 5.96 Å². The van der Waals surface area contributed by atoms with E-state index in [0.717, 1.165) is 31.9 Å². The van der Waals surface area contributed by atoms with Gasteiger partial charge in [0.15, 0.2) is 5.96 Å². The predicted octanol–water partition coefficient (Wildman–Crippen LogP) is 1.65. The molecule has 3 N–H and O–H groups in total. The van der Waals surface area contributed by atoms with E-state index in [2.05, 4.69) is 22.5 Å². The van der Waals surface area contributed by atoms with Crippen LogP contribution in [0.4, 0.5) is 0 Å². The SMILES string of the molecule is CCNC(=NCC1(CO)CC1)NC1CCCCC1. The molecule has 0 aliphatic heterocycles. The molecule has 0 aromatic heterocycles. The highest BCUT2D eigenvalue weighted by Crippen LogP contribution is 2.45. The normalized spacial score (nSPS) is 23.8. The number of rotatable bonds is 5. The molecule has 4 heteroatoms. The highest BCUT2D eigenvalue weighted by Gasteiger charge is 2.41. The van der Waals surface area contributed by atoms with Crippen molar-refractivity contribution in [1.29, 1.82) is 0 Å². The Bertz CT molecular complexity index is 281. The van der Waals surface area contributed by atoms with E-state index < -0.39 is 0 Å². The molecule has 104 valence electrons. The fourth-order valence-corrected chi connectivity index (χ4v) is 2.55. The first-order chi connectivity index (χ1) is 8.78. The maximum absolute atomic E-state index is 9.31. The Morgan fingerprint density at radius 1 is 1.28 bits per heavy atom. The number of aliphatic hydroxyl groups excluding tert-OH is 1. The summed E-state index contributed by atoms with van der Waals surface area (Å²) in [6.07, 6.45) is 8.80. The topological polar surface area (TPSA) is 56.7 Å². The van der Waals surface area contributed by atoms with Gasteiger partial charge in [0, 0.05) is 18.0 Å². The van der Waals surface area contributed by atoms with Crippen LogP contribution in [0.25, 0.3) is 0 Å². The molecular weight excluding hydrogens is 226 g/mol. The first kappa shape index (κ1) is 13.7. The molecule has 0 radical (unpaired) electrons. The Hall–Kier alpha value is -0.770. The summed E-state index contributed by atoms with van der Waals surface area (Å²) in [4.78, 5) is 4.65. The van der Waals surface area contributed by atoms with E-state index in [1.807, 2.05) is 0 Å². The van der Waals surface area contributed by atoms with Gasteiger partial charge in [0.25, 0.3) is 0 Å². The van der Waals surface area contributed by atoms with Crippen LogP contribution >= 0.6 is 0 Å². The Labute approximate surface area is 110 Å². The van der Waals surface area contributed by atoms with Crippen molar-refractivity contribution in [2.24, 2.45) is 10.4 Å². The van der Waals surface area contributed by atoms with Crippen LogP contribution in [-0.4, -0.2) is 36.8 Å². The molecule has 18 heavy (non-hydrogen) atoms. The number of hydrogen-bond donors (Lipinski definition) is 3. The molecule has 2 aliphatic rings. The first-order valence-corrected chi connectivity index (χ1v) is 7.44. The van der Waals surface area contributed by atoms with Gasteiger partial charge in [0.1, 0.15) is 0 Å². The second-order valence-corrected chi connectivity index (χ2v) is 5.83. The molecule has 0 bridgehead atoms. The Morgan fingerprint density at radius 2 is 2.00 bits per heavy atom. The van der Waals surface area contributed by atoms with E-state index in [4.69, 9.17) is 0 Å². The fraction of sp³-hybridized carbons (Fsp3) is 0.929. The molecular formula is C14H27N3O. The van der Waals surface area contributed by atoms with E-state index in [0.29, 0.717) is 6.04 Å². The molecule has 0 spiro atoms. The van der Waals surface area contributed by atoms with Crippen LogP contribution in [0.5, 0.6) is 0 Å². The molecule has 0 heterocycles. The number of nitrogens with one attached hydrogen (secondary N) is 2. The predicted molar refractivity (Wildman–Crippen MR) is 74.7 cm³/mol. The smallest absolute Gasteiger partial charge is 0.191 e. The third-order valence-corrected chi connectivity index (χ3v) is 4.16. The van der Waals surface area contributed by atoms with Crippen molar-refractivity contribution < 1.29 is 5.11 Å². The molecule has 2 saturated carbocycles. The van der Waals surface area contributed by atoms with Gasteiger partial charge in [-0.3, -0.25) is 4.99 Å². The number of aliphatic imine (C=N–C) groups is 1. The van der Waals surface area contributed by atoms with Crippen molar-refractivity contribution in [2.75, 3.05) is 19.7 Å². The number of aliphatic hydroxyl groups is 1. The summed E-state index contributed by atoms with van der Waals surface area (Å²) in [7, 11) is 0. The molecule has 2 aliphatic carbocycles. The molecule has 4 nitrogen and oxygen atoms in total. The summed E-state index contributed by atoms with van der Waals surface area (Å²) in [6.45, 7) is 4.02. The molecule has 0 amide bonds. The van der Waals surface area contributed by atoms with Crippen molar-refractivity contribution in [3.8, 4) is 0 Å². The monoisotopic (exact) mass is 253 g/mol. The first-order valence-electron chi connectivity index (χ1n) is 7.44. The molecule has 0 aromatic rings. The number of guanidine groups is 1. The van der Waals surface area contributed by atoms with Gasteiger partial charge in [0.05, 0.1) is 13.2 Å². The molecule has 2 rings (SSSR count). The maximum atomic E-state index is 9.31. The lowest BCUT2D eigenvalue weighted by Crippen LogP contribution is -2.44. The lowest BCUT2D eigenvalue weighted by Gasteiger charge is -2.25. The third-order valence-electron chi connectivity index (χ3n) is 4.16. The van der Waals surface area contributed by atoms with E-state index >= 15 is 0 Å².